The number of hydrogen-bond donors (Lipinski definition) is 2. The molecule has 2 N–H and O–H groups in total. The second-order valence-corrected chi connectivity index (χ2v) is 7.20. The van der Waals surface area contributed by atoms with Crippen molar-refractivity contribution in [2.45, 2.75) is 13.8 Å². The largest absolute Gasteiger partial charge is 0.457 e. The number of fused-ring (bicyclic) bond motifs is 1. The number of amides is 4. The molecule has 0 saturated heterocycles. The minimum atomic E-state index is -0.484. The number of nitrogens with one attached hydrogen (secondary N) is 2. The summed E-state index contributed by atoms with van der Waals surface area (Å²) < 4.78 is 5.83. The van der Waals surface area contributed by atoms with Crippen LogP contribution in [0.4, 0.5) is 17.1 Å². The molecule has 3 aromatic rings. The van der Waals surface area contributed by atoms with Crippen LogP contribution in [0.3, 0.4) is 0 Å². The first-order chi connectivity index (χ1) is 15.3. The van der Waals surface area contributed by atoms with Crippen molar-refractivity contribution in [3.63, 3.8) is 0 Å². The fraction of sp³-hybridized carbons (Fsp3) is 0.0833. The normalized spacial score (nSPS) is 12.4. The molecule has 4 amide bonds. The summed E-state index contributed by atoms with van der Waals surface area (Å²) in [5.41, 5.74) is 1.89. The maximum absolute atomic E-state index is 13.0. The molecule has 4 rings (SSSR count). The maximum atomic E-state index is 13.0. The molecule has 160 valence electrons. The lowest BCUT2D eigenvalue weighted by molar-refractivity contribution is -0.115. The molecular formula is C24H19N3O5. The lowest BCUT2D eigenvalue weighted by Gasteiger charge is -2.15. The monoisotopic (exact) mass is 429 g/mol. The van der Waals surface area contributed by atoms with Crippen molar-refractivity contribution in [3.05, 3.63) is 77.9 Å². The number of rotatable bonds is 5. The van der Waals surface area contributed by atoms with Gasteiger partial charge in [-0.2, -0.15) is 0 Å². The van der Waals surface area contributed by atoms with Gasteiger partial charge in [-0.05, 0) is 48.5 Å². The minimum Gasteiger partial charge on any atom is -0.457 e. The van der Waals surface area contributed by atoms with Gasteiger partial charge in [-0.3, -0.25) is 19.2 Å². The highest BCUT2D eigenvalue weighted by molar-refractivity contribution is 6.34. The number of benzene rings is 3. The first kappa shape index (κ1) is 20.8. The number of imide groups is 1. The number of nitrogens with zero attached hydrogens (tertiary/aromatic N) is 1. The first-order valence-electron chi connectivity index (χ1n) is 9.78. The van der Waals surface area contributed by atoms with Gasteiger partial charge >= 0.3 is 0 Å². The van der Waals surface area contributed by atoms with Crippen LogP contribution in [0.2, 0.25) is 0 Å². The van der Waals surface area contributed by atoms with E-state index in [2.05, 4.69) is 10.6 Å². The molecule has 1 aliphatic rings. The molecule has 8 heteroatoms. The zero-order chi connectivity index (χ0) is 22.8. The number of hydrogen-bond acceptors (Lipinski definition) is 5. The van der Waals surface area contributed by atoms with Gasteiger partial charge in [0.15, 0.2) is 0 Å². The molecule has 0 unspecified atom stereocenters. The van der Waals surface area contributed by atoms with Crippen LogP contribution < -0.4 is 20.3 Å². The predicted molar refractivity (Wildman–Crippen MR) is 119 cm³/mol. The van der Waals surface area contributed by atoms with E-state index in [4.69, 9.17) is 4.74 Å². The highest BCUT2D eigenvalue weighted by atomic mass is 16.5. The third-order valence-electron chi connectivity index (χ3n) is 4.67. The van der Waals surface area contributed by atoms with Gasteiger partial charge in [0.05, 0.1) is 16.8 Å². The van der Waals surface area contributed by atoms with Gasteiger partial charge in [0.1, 0.15) is 11.5 Å². The molecule has 0 radical (unpaired) electrons. The Labute approximate surface area is 183 Å². The Morgan fingerprint density at radius 1 is 0.719 bits per heavy atom. The van der Waals surface area contributed by atoms with Crippen LogP contribution in [-0.4, -0.2) is 23.6 Å². The fourth-order valence-corrected chi connectivity index (χ4v) is 3.42. The van der Waals surface area contributed by atoms with E-state index in [9.17, 15) is 19.2 Å². The molecule has 0 saturated carbocycles. The van der Waals surface area contributed by atoms with Crippen LogP contribution in [-0.2, 0) is 9.59 Å². The van der Waals surface area contributed by atoms with Gasteiger partial charge in [-0.25, -0.2) is 4.90 Å². The van der Waals surface area contributed by atoms with Crippen LogP contribution in [0.5, 0.6) is 11.5 Å². The molecule has 1 heterocycles. The quantitative estimate of drug-likeness (QED) is 0.592. The predicted octanol–water partition coefficient (Wildman–Crippen LogP) is 4.20. The summed E-state index contributed by atoms with van der Waals surface area (Å²) in [7, 11) is 0. The second kappa shape index (κ2) is 8.35. The van der Waals surface area contributed by atoms with Crippen LogP contribution in [0.15, 0.2) is 66.7 Å². The molecule has 0 aliphatic carbocycles. The van der Waals surface area contributed by atoms with Gasteiger partial charge in [0.2, 0.25) is 11.8 Å². The second-order valence-electron chi connectivity index (χ2n) is 7.20. The van der Waals surface area contributed by atoms with E-state index in [1.54, 1.807) is 60.7 Å². The maximum Gasteiger partial charge on any atom is 0.266 e. The Morgan fingerprint density at radius 3 is 2.00 bits per heavy atom. The van der Waals surface area contributed by atoms with Crippen molar-refractivity contribution in [2.24, 2.45) is 0 Å². The molecular weight excluding hydrogens is 410 g/mol. The van der Waals surface area contributed by atoms with Crippen molar-refractivity contribution in [1.82, 2.24) is 0 Å². The van der Waals surface area contributed by atoms with Crippen LogP contribution in [0.1, 0.15) is 34.6 Å². The van der Waals surface area contributed by atoms with Gasteiger partial charge in [-0.15, -0.1) is 0 Å². The summed E-state index contributed by atoms with van der Waals surface area (Å²) >= 11 is 0. The minimum absolute atomic E-state index is 0.202. The van der Waals surface area contributed by atoms with Gasteiger partial charge in [0.25, 0.3) is 11.8 Å². The lowest BCUT2D eigenvalue weighted by Crippen LogP contribution is -2.29. The molecule has 8 nitrogen and oxygen atoms in total. The van der Waals surface area contributed by atoms with Crippen LogP contribution in [0, 0.1) is 0 Å². The summed E-state index contributed by atoms with van der Waals surface area (Å²) in [6.07, 6.45) is 0. The molecule has 0 bridgehead atoms. The standard InChI is InChI=1S/C24H19N3O5/c1-14(28)25-16-5-3-7-18(11-16)27-23(30)21-10-9-20(13-22(21)24(27)31)32-19-8-4-6-17(12-19)26-15(2)29/h3-13H,1-2H3,(H,25,28)(H,26,29). The SMILES string of the molecule is CC(=O)Nc1cccc(Oc2ccc3c(c2)C(=O)N(c2cccc(NC(C)=O)c2)C3=O)c1. The smallest absolute Gasteiger partial charge is 0.266 e. The molecule has 1 aliphatic heterocycles. The lowest BCUT2D eigenvalue weighted by atomic mass is 10.1. The zero-order valence-corrected chi connectivity index (χ0v) is 17.3. The van der Waals surface area contributed by atoms with Crippen LogP contribution >= 0.6 is 0 Å². The number of anilines is 3. The molecule has 0 aromatic heterocycles. The van der Waals surface area contributed by atoms with Gasteiger partial charge in [0, 0.05) is 31.3 Å². The summed E-state index contributed by atoms with van der Waals surface area (Å²) in [5.74, 6) is -0.557. The summed E-state index contributed by atoms with van der Waals surface area (Å²) in [6, 6.07) is 18.0. The third kappa shape index (κ3) is 4.20. The van der Waals surface area contributed by atoms with E-state index >= 15 is 0 Å². The average Bonchev–Trinajstić information content (AvgIpc) is 2.97. The van der Waals surface area contributed by atoms with E-state index in [0.717, 1.165) is 4.90 Å². The molecule has 0 fully saturated rings. The van der Waals surface area contributed by atoms with E-state index in [-0.39, 0.29) is 22.9 Å². The van der Waals surface area contributed by atoms with Crippen molar-refractivity contribution < 1.29 is 23.9 Å². The van der Waals surface area contributed by atoms with E-state index in [1.807, 2.05) is 0 Å². The molecule has 3 aromatic carbocycles. The fourth-order valence-electron chi connectivity index (χ4n) is 3.42. The third-order valence-corrected chi connectivity index (χ3v) is 4.67. The zero-order valence-electron chi connectivity index (χ0n) is 17.3. The van der Waals surface area contributed by atoms with Crippen molar-refractivity contribution in [1.29, 1.82) is 0 Å². The Kier molecular flexibility index (Phi) is 5.43. The summed E-state index contributed by atoms with van der Waals surface area (Å²) in [4.78, 5) is 49.6. The highest BCUT2D eigenvalue weighted by Gasteiger charge is 2.37. The number of ether oxygens (including phenoxy) is 1. The Balaban J connectivity index is 1.60. The number of carbonyl (C=O) groups is 4. The molecule has 0 atom stereocenters. The summed E-state index contributed by atoms with van der Waals surface area (Å²) in [6.45, 7) is 2.79. The van der Waals surface area contributed by atoms with E-state index < -0.39 is 11.8 Å². The molecule has 0 spiro atoms. The average molecular weight is 429 g/mol. The van der Waals surface area contributed by atoms with Crippen LogP contribution in [0.25, 0.3) is 0 Å². The van der Waals surface area contributed by atoms with E-state index in [0.29, 0.717) is 28.6 Å². The van der Waals surface area contributed by atoms with Gasteiger partial charge < -0.3 is 15.4 Å². The first-order valence-corrected chi connectivity index (χ1v) is 9.78. The summed E-state index contributed by atoms with van der Waals surface area (Å²) in [5, 5.41) is 5.31. The molecule has 32 heavy (non-hydrogen) atoms. The Hall–Kier alpha value is -4.46. The van der Waals surface area contributed by atoms with Crippen molar-refractivity contribution >= 4 is 40.7 Å². The highest BCUT2D eigenvalue weighted by Crippen LogP contribution is 2.33. The van der Waals surface area contributed by atoms with Crippen molar-refractivity contribution in [3.8, 4) is 11.5 Å². The van der Waals surface area contributed by atoms with Crippen molar-refractivity contribution in [2.75, 3.05) is 15.5 Å². The number of carbonyl (C=O) groups excluding carboxylic acids is 4. The van der Waals surface area contributed by atoms with Gasteiger partial charge in [-0.1, -0.05) is 12.1 Å². The van der Waals surface area contributed by atoms with E-state index in [1.165, 1.54) is 19.9 Å². The topological polar surface area (TPSA) is 105 Å². The Morgan fingerprint density at radius 2 is 1.31 bits per heavy atom. The Bertz CT molecular complexity index is 1270.